The number of amides is 1. The van der Waals surface area contributed by atoms with Crippen molar-refractivity contribution in [2.75, 3.05) is 6.61 Å². The number of fused-ring (bicyclic) bond motifs is 1. The number of hydrogen-bond donors (Lipinski definition) is 1. The van der Waals surface area contributed by atoms with E-state index in [1.54, 1.807) is 12.1 Å². The first-order valence-electron chi connectivity index (χ1n) is 10.2. The fraction of sp³-hybridized carbons (Fsp3) is 0.280. The first-order chi connectivity index (χ1) is 14.2. The Morgan fingerprint density at radius 2 is 1.62 bits per heavy atom. The van der Waals surface area contributed by atoms with E-state index in [0.29, 0.717) is 12.2 Å². The maximum atomic E-state index is 12.4. The zero-order chi connectivity index (χ0) is 20.5. The molecule has 0 radical (unpaired) electrons. The third-order valence-corrected chi connectivity index (χ3v) is 4.88. The van der Waals surface area contributed by atoms with Gasteiger partial charge in [-0.1, -0.05) is 62.6 Å². The third-order valence-electron chi connectivity index (χ3n) is 4.88. The molecule has 3 aromatic rings. The molecule has 0 aliphatic rings. The van der Waals surface area contributed by atoms with Gasteiger partial charge in [0.2, 0.25) is 0 Å². The van der Waals surface area contributed by atoms with E-state index in [1.807, 2.05) is 37.3 Å². The molecule has 4 nitrogen and oxygen atoms in total. The fourth-order valence-electron chi connectivity index (χ4n) is 3.10. The van der Waals surface area contributed by atoms with E-state index in [9.17, 15) is 4.79 Å². The largest absolute Gasteiger partial charge is 0.494 e. The van der Waals surface area contributed by atoms with E-state index in [1.165, 1.54) is 24.6 Å². The summed E-state index contributed by atoms with van der Waals surface area (Å²) in [4.78, 5) is 12.4. The topological polar surface area (TPSA) is 50.7 Å². The van der Waals surface area contributed by atoms with Crippen LogP contribution < -0.4 is 10.2 Å². The molecule has 1 N–H and O–H groups in total. The quantitative estimate of drug-likeness (QED) is 0.280. The number of carbonyl (C=O) groups excluding carboxylic acids is 1. The van der Waals surface area contributed by atoms with Gasteiger partial charge in [-0.2, -0.15) is 5.10 Å². The van der Waals surface area contributed by atoms with Crippen molar-refractivity contribution in [3.63, 3.8) is 0 Å². The molecule has 29 heavy (non-hydrogen) atoms. The number of ether oxygens (including phenoxy) is 1. The Hall–Kier alpha value is -3.14. The number of hydrogen-bond acceptors (Lipinski definition) is 3. The number of hydrazone groups is 1. The van der Waals surface area contributed by atoms with Crippen molar-refractivity contribution in [3.05, 3.63) is 77.9 Å². The predicted molar refractivity (Wildman–Crippen MR) is 120 cm³/mol. The van der Waals surface area contributed by atoms with Gasteiger partial charge < -0.3 is 4.74 Å². The van der Waals surface area contributed by atoms with E-state index < -0.39 is 0 Å². The van der Waals surface area contributed by atoms with Crippen LogP contribution in [-0.4, -0.2) is 18.2 Å². The van der Waals surface area contributed by atoms with Gasteiger partial charge in [0.1, 0.15) is 5.75 Å². The number of unbranched alkanes of at least 4 members (excludes halogenated alkanes) is 3. The van der Waals surface area contributed by atoms with Crippen molar-refractivity contribution in [2.45, 2.75) is 39.5 Å². The van der Waals surface area contributed by atoms with Gasteiger partial charge in [-0.25, -0.2) is 5.43 Å². The molecule has 0 bridgehead atoms. The van der Waals surface area contributed by atoms with Gasteiger partial charge in [-0.15, -0.1) is 0 Å². The third kappa shape index (κ3) is 5.92. The SMILES string of the molecule is CCCCCCOc1ccc(C(=O)N/N=C(\C)c2ccc3ccccc3c2)cc1. The lowest BCUT2D eigenvalue weighted by Crippen LogP contribution is -2.19. The summed E-state index contributed by atoms with van der Waals surface area (Å²) < 4.78 is 5.72. The molecule has 0 saturated heterocycles. The monoisotopic (exact) mass is 388 g/mol. The Labute approximate surface area is 172 Å². The van der Waals surface area contributed by atoms with Gasteiger partial charge in [0.05, 0.1) is 12.3 Å². The van der Waals surface area contributed by atoms with Crippen LogP contribution >= 0.6 is 0 Å². The Balaban J connectivity index is 1.56. The Morgan fingerprint density at radius 1 is 0.897 bits per heavy atom. The Kier molecular flexibility index (Phi) is 7.40. The zero-order valence-electron chi connectivity index (χ0n) is 17.2. The molecular weight excluding hydrogens is 360 g/mol. The number of benzene rings is 3. The number of nitrogens with one attached hydrogen (secondary N) is 1. The summed E-state index contributed by atoms with van der Waals surface area (Å²) >= 11 is 0. The summed E-state index contributed by atoms with van der Waals surface area (Å²) in [5.74, 6) is 0.550. The van der Waals surface area contributed by atoms with Crippen LogP contribution in [0.25, 0.3) is 10.8 Å². The van der Waals surface area contributed by atoms with Crippen molar-refractivity contribution in [1.29, 1.82) is 0 Å². The maximum Gasteiger partial charge on any atom is 0.271 e. The van der Waals surface area contributed by atoms with Gasteiger partial charge in [-0.05, 0) is 60.0 Å². The van der Waals surface area contributed by atoms with E-state index in [2.05, 4.69) is 41.7 Å². The predicted octanol–water partition coefficient (Wildman–Crippen LogP) is 5.95. The molecule has 1 amide bonds. The van der Waals surface area contributed by atoms with Crippen LogP contribution in [0.5, 0.6) is 5.75 Å². The average Bonchev–Trinajstić information content (AvgIpc) is 2.77. The van der Waals surface area contributed by atoms with Crippen LogP contribution in [-0.2, 0) is 0 Å². The van der Waals surface area contributed by atoms with Crippen molar-refractivity contribution in [1.82, 2.24) is 5.43 Å². The van der Waals surface area contributed by atoms with Crippen LogP contribution in [0.15, 0.2) is 71.8 Å². The summed E-state index contributed by atoms with van der Waals surface area (Å²) in [5, 5.41) is 6.59. The standard InChI is InChI=1S/C25H28N2O2/c1-3-4-5-8-17-29-24-15-13-21(14-16-24)25(28)27-26-19(2)22-12-11-20-9-6-7-10-23(20)18-22/h6-7,9-16,18H,3-5,8,17H2,1-2H3,(H,27,28)/b26-19+. The van der Waals surface area contributed by atoms with Gasteiger partial charge in [0.15, 0.2) is 0 Å². The number of carbonyl (C=O) groups is 1. The Bertz CT molecular complexity index is 978. The van der Waals surface area contributed by atoms with Gasteiger partial charge >= 0.3 is 0 Å². The normalized spacial score (nSPS) is 11.4. The highest BCUT2D eigenvalue weighted by Crippen LogP contribution is 2.16. The van der Waals surface area contributed by atoms with E-state index >= 15 is 0 Å². The first kappa shape index (κ1) is 20.6. The summed E-state index contributed by atoms with van der Waals surface area (Å²) in [6.45, 7) is 4.79. The highest BCUT2D eigenvalue weighted by Gasteiger charge is 2.06. The highest BCUT2D eigenvalue weighted by molar-refractivity contribution is 6.03. The lowest BCUT2D eigenvalue weighted by molar-refractivity contribution is 0.0955. The van der Waals surface area contributed by atoms with Gasteiger partial charge in [-0.3, -0.25) is 4.79 Å². The summed E-state index contributed by atoms with van der Waals surface area (Å²) in [5.41, 5.74) is 4.94. The second kappa shape index (κ2) is 10.4. The molecule has 3 aromatic carbocycles. The van der Waals surface area contributed by atoms with E-state index in [4.69, 9.17) is 4.74 Å². The lowest BCUT2D eigenvalue weighted by atomic mass is 10.0. The molecule has 0 saturated carbocycles. The molecule has 0 aliphatic carbocycles. The minimum absolute atomic E-state index is 0.236. The van der Waals surface area contributed by atoms with E-state index in [0.717, 1.165) is 28.8 Å². The van der Waals surface area contributed by atoms with Crippen LogP contribution in [0.3, 0.4) is 0 Å². The molecular formula is C25H28N2O2. The summed E-state index contributed by atoms with van der Waals surface area (Å²) in [7, 11) is 0. The molecule has 0 aromatic heterocycles. The molecule has 0 heterocycles. The molecule has 0 aliphatic heterocycles. The molecule has 150 valence electrons. The highest BCUT2D eigenvalue weighted by atomic mass is 16.5. The molecule has 0 atom stereocenters. The minimum atomic E-state index is -0.236. The summed E-state index contributed by atoms with van der Waals surface area (Å²) in [6.07, 6.45) is 4.69. The lowest BCUT2D eigenvalue weighted by Gasteiger charge is -2.07. The zero-order valence-corrected chi connectivity index (χ0v) is 17.2. The van der Waals surface area contributed by atoms with Gasteiger partial charge in [0, 0.05) is 5.56 Å². The number of rotatable bonds is 9. The van der Waals surface area contributed by atoms with Gasteiger partial charge in [0.25, 0.3) is 5.91 Å². The van der Waals surface area contributed by atoms with Crippen LogP contribution in [0.1, 0.15) is 55.5 Å². The first-order valence-corrected chi connectivity index (χ1v) is 10.2. The minimum Gasteiger partial charge on any atom is -0.494 e. The average molecular weight is 389 g/mol. The molecule has 0 unspecified atom stereocenters. The van der Waals surface area contributed by atoms with Crippen molar-refractivity contribution in [2.24, 2.45) is 5.10 Å². The van der Waals surface area contributed by atoms with Crippen molar-refractivity contribution >= 4 is 22.4 Å². The second-order valence-electron chi connectivity index (χ2n) is 7.13. The van der Waals surface area contributed by atoms with Crippen LogP contribution in [0.2, 0.25) is 0 Å². The molecule has 3 rings (SSSR count). The second-order valence-corrected chi connectivity index (χ2v) is 7.13. The van der Waals surface area contributed by atoms with E-state index in [-0.39, 0.29) is 5.91 Å². The number of nitrogens with zero attached hydrogens (tertiary/aromatic N) is 1. The smallest absolute Gasteiger partial charge is 0.271 e. The Morgan fingerprint density at radius 3 is 2.38 bits per heavy atom. The van der Waals surface area contributed by atoms with Crippen LogP contribution in [0, 0.1) is 0 Å². The fourth-order valence-corrected chi connectivity index (χ4v) is 3.10. The van der Waals surface area contributed by atoms with Crippen molar-refractivity contribution < 1.29 is 9.53 Å². The van der Waals surface area contributed by atoms with Crippen LogP contribution in [0.4, 0.5) is 0 Å². The molecule has 0 fully saturated rings. The van der Waals surface area contributed by atoms with Crippen molar-refractivity contribution in [3.8, 4) is 5.75 Å². The maximum absolute atomic E-state index is 12.4. The molecule has 4 heteroatoms. The molecule has 0 spiro atoms. The summed E-state index contributed by atoms with van der Waals surface area (Å²) in [6, 6.07) is 21.5.